The summed E-state index contributed by atoms with van der Waals surface area (Å²) in [5.74, 6) is 1.30. The summed E-state index contributed by atoms with van der Waals surface area (Å²) in [5, 5.41) is 7.27. The summed E-state index contributed by atoms with van der Waals surface area (Å²) in [7, 11) is 3.69. The molecule has 0 aliphatic heterocycles. The molecule has 0 saturated carbocycles. The van der Waals surface area contributed by atoms with Crippen molar-refractivity contribution >= 4 is 5.84 Å². The van der Waals surface area contributed by atoms with Gasteiger partial charge in [-0.3, -0.25) is 5.41 Å². The number of aromatic nitrogens is 2. The number of ether oxygens (including phenoxy) is 1. The zero-order chi connectivity index (χ0) is 13.4. The normalized spacial score (nSPS) is 11.1. The van der Waals surface area contributed by atoms with E-state index in [4.69, 9.17) is 15.9 Å². The van der Waals surface area contributed by atoms with Crippen LogP contribution >= 0.6 is 0 Å². The minimum absolute atomic E-state index is 0.231. The van der Waals surface area contributed by atoms with E-state index < -0.39 is 0 Å². The van der Waals surface area contributed by atoms with E-state index in [0.717, 1.165) is 31.9 Å². The molecule has 1 aromatic rings. The quantitative estimate of drug-likeness (QED) is 0.488. The third kappa shape index (κ3) is 5.29. The zero-order valence-electron chi connectivity index (χ0n) is 11.2. The Morgan fingerprint density at radius 2 is 2.28 bits per heavy atom. The molecule has 0 aliphatic rings. The lowest BCUT2D eigenvalue weighted by Gasteiger charge is -2.21. The van der Waals surface area contributed by atoms with E-state index in [0.29, 0.717) is 13.0 Å². The Bertz CT molecular complexity index is 363. The Kier molecular flexibility index (Phi) is 6.38. The first kappa shape index (κ1) is 14.7. The van der Waals surface area contributed by atoms with Gasteiger partial charge in [0, 0.05) is 59.0 Å². The number of imidazole rings is 1. The molecule has 0 amide bonds. The van der Waals surface area contributed by atoms with Gasteiger partial charge in [0.2, 0.25) is 0 Å². The summed E-state index contributed by atoms with van der Waals surface area (Å²) in [4.78, 5) is 6.55. The molecule has 1 rings (SSSR count). The third-order valence-electron chi connectivity index (χ3n) is 2.88. The minimum atomic E-state index is 0.231. The van der Waals surface area contributed by atoms with Gasteiger partial charge in [-0.2, -0.15) is 0 Å². The van der Waals surface area contributed by atoms with Crippen LogP contribution in [0.2, 0.25) is 0 Å². The van der Waals surface area contributed by atoms with Crippen molar-refractivity contribution in [3.63, 3.8) is 0 Å². The highest BCUT2D eigenvalue weighted by Gasteiger charge is 2.07. The first-order valence-electron chi connectivity index (χ1n) is 6.14. The van der Waals surface area contributed by atoms with Gasteiger partial charge in [-0.05, 0) is 0 Å². The van der Waals surface area contributed by atoms with Gasteiger partial charge in [-0.1, -0.05) is 0 Å². The molecule has 0 unspecified atom stereocenters. The van der Waals surface area contributed by atoms with Crippen LogP contribution in [0.4, 0.5) is 0 Å². The van der Waals surface area contributed by atoms with Crippen LogP contribution in [0.25, 0.3) is 0 Å². The van der Waals surface area contributed by atoms with E-state index >= 15 is 0 Å². The van der Waals surface area contributed by atoms with Gasteiger partial charge in [0.25, 0.3) is 0 Å². The van der Waals surface area contributed by atoms with E-state index in [1.54, 1.807) is 7.11 Å². The predicted molar refractivity (Wildman–Crippen MR) is 71.8 cm³/mol. The number of amidine groups is 1. The molecule has 1 heterocycles. The van der Waals surface area contributed by atoms with E-state index in [1.165, 1.54) is 0 Å². The number of nitrogens with zero attached hydrogens (tertiary/aromatic N) is 3. The van der Waals surface area contributed by atoms with E-state index in [1.807, 2.05) is 24.0 Å². The zero-order valence-corrected chi connectivity index (χ0v) is 11.2. The lowest BCUT2D eigenvalue weighted by Crippen LogP contribution is -2.33. The van der Waals surface area contributed by atoms with Crippen molar-refractivity contribution in [2.45, 2.75) is 12.8 Å². The highest BCUT2D eigenvalue weighted by molar-refractivity contribution is 5.76. The SMILES string of the molecule is COCCN(CCC(=N)N)CCc1nccn1C. The van der Waals surface area contributed by atoms with Gasteiger partial charge in [-0.15, -0.1) is 0 Å². The Labute approximate surface area is 108 Å². The number of nitrogens with one attached hydrogen (secondary N) is 1. The first-order chi connectivity index (χ1) is 8.63. The first-order valence-corrected chi connectivity index (χ1v) is 6.14. The number of methoxy groups -OCH3 is 1. The number of nitrogens with two attached hydrogens (primary N) is 1. The van der Waals surface area contributed by atoms with Gasteiger partial charge in [0.1, 0.15) is 5.82 Å². The molecule has 1 aromatic heterocycles. The topological polar surface area (TPSA) is 80.2 Å². The average molecular weight is 253 g/mol. The molecule has 18 heavy (non-hydrogen) atoms. The molecule has 0 bridgehead atoms. The van der Waals surface area contributed by atoms with Crippen molar-refractivity contribution in [3.8, 4) is 0 Å². The predicted octanol–water partition coefficient (Wildman–Crippen LogP) is 0.237. The van der Waals surface area contributed by atoms with Crippen LogP contribution in [0.3, 0.4) is 0 Å². The molecule has 3 N–H and O–H groups in total. The Balaban J connectivity index is 2.39. The van der Waals surface area contributed by atoms with Crippen molar-refractivity contribution in [2.24, 2.45) is 12.8 Å². The monoisotopic (exact) mass is 253 g/mol. The molecular formula is C12H23N5O. The third-order valence-corrected chi connectivity index (χ3v) is 2.88. The van der Waals surface area contributed by atoms with Crippen LogP contribution < -0.4 is 5.73 Å². The highest BCUT2D eigenvalue weighted by Crippen LogP contribution is 1.99. The largest absolute Gasteiger partial charge is 0.388 e. The average Bonchev–Trinajstić information content (AvgIpc) is 2.74. The van der Waals surface area contributed by atoms with Gasteiger partial charge in [-0.25, -0.2) is 4.98 Å². The Morgan fingerprint density at radius 1 is 1.50 bits per heavy atom. The van der Waals surface area contributed by atoms with Crippen LogP contribution in [-0.2, 0) is 18.2 Å². The molecule has 0 aromatic carbocycles. The Morgan fingerprint density at radius 3 is 2.83 bits per heavy atom. The molecule has 0 saturated heterocycles. The van der Waals surface area contributed by atoms with Crippen molar-refractivity contribution in [2.75, 3.05) is 33.4 Å². The van der Waals surface area contributed by atoms with Crippen molar-refractivity contribution in [1.82, 2.24) is 14.5 Å². The molecule has 0 radical (unpaired) electrons. The highest BCUT2D eigenvalue weighted by atomic mass is 16.5. The number of hydrogen-bond donors (Lipinski definition) is 2. The van der Waals surface area contributed by atoms with E-state index in [2.05, 4.69) is 9.88 Å². The maximum absolute atomic E-state index is 7.27. The molecular weight excluding hydrogens is 230 g/mol. The molecule has 0 spiro atoms. The van der Waals surface area contributed by atoms with Crippen LogP contribution in [0.5, 0.6) is 0 Å². The summed E-state index contributed by atoms with van der Waals surface area (Å²) in [5.41, 5.74) is 5.39. The fourth-order valence-electron chi connectivity index (χ4n) is 1.73. The van der Waals surface area contributed by atoms with Crippen molar-refractivity contribution in [1.29, 1.82) is 5.41 Å². The van der Waals surface area contributed by atoms with Gasteiger partial charge < -0.3 is 19.9 Å². The van der Waals surface area contributed by atoms with E-state index in [-0.39, 0.29) is 5.84 Å². The summed E-state index contributed by atoms with van der Waals surface area (Å²) < 4.78 is 7.12. The van der Waals surface area contributed by atoms with Crippen LogP contribution in [0.1, 0.15) is 12.2 Å². The molecule has 6 heteroatoms. The standard InChI is InChI=1S/C12H23N5O/c1-16-8-5-15-12(16)4-7-17(9-10-18-2)6-3-11(13)14/h5,8H,3-4,6-7,9-10H2,1-2H3,(H3,13,14). The molecule has 0 atom stereocenters. The lowest BCUT2D eigenvalue weighted by atomic mass is 10.3. The summed E-state index contributed by atoms with van der Waals surface area (Å²) >= 11 is 0. The van der Waals surface area contributed by atoms with Crippen LogP contribution in [0, 0.1) is 5.41 Å². The van der Waals surface area contributed by atoms with Crippen LogP contribution in [-0.4, -0.2) is 53.6 Å². The van der Waals surface area contributed by atoms with Gasteiger partial charge in [0.15, 0.2) is 0 Å². The lowest BCUT2D eigenvalue weighted by molar-refractivity contribution is 0.149. The van der Waals surface area contributed by atoms with Crippen molar-refractivity contribution in [3.05, 3.63) is 18.2 Å². The fraction of sp³-hybridized carbons (Fsp3) is 0.667. The summed E-state index contributed by atoms with van der Waals surface area (Å²) in [6, 6.07) is 0. The van der Waals surface area contributed by atoms with Gasteiger partial charge >= 0.3 is 0 Å². The van der Waals surface area contributed by atoms with Crippen molar-refractivity contribution < 1.29 is 4.74 Å². The molecule has 0 aliphatic carbocycles. The second-order valence-corrected chi connectivity index (χ2v) is 4.31. The second kappa shape index (κ2) is 7.84. The number of aryl methyl sites for hydroxylation is 1. The van der Waals surface area contributed by atoms with Crippen LogP contribution in [0.15, 0.2) is 12.4 Å². The molecule has 0 fully saturated rings. The maximum Gasteiger partial charge on any atom is 0.109 e. The smallest absolute Gasteiger partial charge is 0.109 e. The van der Waals surface area contributed by atoms with E-state index in [9.17, 15) is 0 Å². The van der Waals surface area contributed by atoms with Gasteiger partial charge in [0.05, 0.1) is 12.4 Å². The number of hydrogen-bond acceptors (Lipinski definition) is 4. The molecule has 6 nitrogen and oxygen atoms in total. The number of rotatable bonds is 9. The fourth-order valence-corrected chi connectivity index (χ4v) is 1.73. The maximum atomic E-state index is 7.27. The molecule has 102 valence electrons. The summed E-state index contributed by atoms with van der Waals surface area (Å²) in [6.45, 7) is 3.25. The summed E-state index contributed by atoms with van der Waals surface area (Å²) in [6.07, 6.45) is 5.25. The minimum Gasteiger partial charge on any atom is -0.388 e. The second-order valence-electron chi connectivity index (χ2n) is 4.31. The Hall–Kier alpha value is -1.40.